The van der Waals surface area contributed by atoms with Gasteiger partial charge in [-0.15, -0.1) is 5.10 Å². The maximum absolute atomic E-state index is 3.92. The molecule has 1 heterocycles. The monoisotopic (exact) mass is 143 g/mol. The lowest BCUT2D eigenvalue weighted by molar-refractivity contribution is 0.980. The van der Waals surface area contributed by atoms with Gasteiger partial charge in [0.2, 0.25) is 0 Å². The van der Waals surface area contributed by atoms with E-state index in [1.54, 1.807) is 22.4 Å². The molecule has 0 saturated heterocycles. The normalized spacial score (nSPS) is 10.6. The minimum atomic E-state index is 0.562. The largest absolute Gasteiger partial charge is 0.222 e. The maximum atomic E-state index is 3.92. The van der Waals surface area contributed by atoms with Gasteiger partial charge in [0.05, 0.1) is 0 Å². The summed E-state index contributed by atoms with van der Waals surface area (Å²) in [5.74, 6) is 0. The number of hydrogen-bond acceptors (Lipinski definition) is 3. The maximum Gasteiger partial charge on any atom is 0.138 e. The fraction of sp³-hybridized carbons (Fsp3) is 0.600. The van der Waals surface area contributed by atoms with Crippen LogP contribution in [0, 0.1) is 0 Å². The van der Waals surface area contributed by atoms with Gasteiger partial charge in [-0.05, 0) is 11.9 Å². The molecule has 1 aromatic rings. The van der Waals surface area contributed by atoms with E-state index in [4.69, 9.17) is 0 Å². The third-order valence-corrected chi connectivity index (χ3v) is 1.54. The second-order valence-corrected chi connectivity index (χ2v) is 3.48. The molecule has 1 aromatic heterocycles. The van der Waals surface area contributed by atoms with Gasteiger partial charge in [0.1, 0.15) is 12.7 Å². The Hall–Kier alpha value is -0.510. The second kappa shape index (κ2) is 2.87. The SMILES string of the molecule is CC(C)Sn1cncn1. The number of rotatable bonds is 2. The molecule has 0 aliphatic rings. The van der Waals surface area contributed by atoms with Crippen molar-refractivity contribution in [2.45, 2.75) is 19.1 Å². The van der Waals surface area contributed by atoms with E-state index in [1.807, 2.05) is 0 Å². The van der Waals surface area contributed by atoms with E-state index >= 15 is 0 Å². The average molecular weight is 143 g/mol. The van der Waals surface area contributed by atoms with Crippen molar-refractivity contribution in [3.05, 3.63) is 12.7 Å². The third kappa shape index (κ3) is 2.05. The van der Waals surface area contributed by atoms with Crippen LogP contribution in [-0.4, -0.2) is 19.4 Å². The van der Waals surface area contributed by atoms with E-state index in [1.165, 1.54) is 6.33 Å². The standard InChI is InChI=1S/C5H9N3S/c1-5(2)9-8-4-6-3-7-8/h3-5H,1-2H3. The van der Waals surface area contributed by atoms with E-state index in [0.29, 0.717) is 5.25 Å². The molecule has 9 heavy (non-hydrogen) atoms. The zero-order valence-electron chi connectivity index (χ0n) is 5.48. The van der Waals surface area contributed by atoms with Crippen LogP contribution in [0.5, 0.6) is 0 Å². The first kappa shape index (κ1) is 6.61. The topological polar surface area (TPSA) is 30.7 Å². The first-order chi connectivity index (χ1) is 4.29. The highest BCUT2D eigenvalue weighted by Crippen LogP contribution is 2.08. The molecule has 0 saturated carbocycles. The molecule has 0 aromatic carbocycles. The van der Waals surface area contributed by atoms with Gasteiger partial charge in [-0.3, -0.25) is 0 Å². The highest BCUT2D eigenvalue weighted by molar-refractivity contribution is 7.98. The summed E-state index contributed by atoms with van der Waals surface area (Å²) >= 11 is 1.65. The van der Waals surface area contributed by atoms with Crippen LogP contribution in [0.4, 0.5) is 0 Å². The van der Waals surface area contributed by atoms with Crippen LogP contribution in [0.15, 0.2) is 12.7 Å². The van der Waals surface area contributed by atoms with Crippen molar-refractivity contribution in [1.82, 2.24) is 14.2 Å². The van der Waals surface area contributed by atoms with Gasteiger partial charge < -0.3 is 0 Å². The quantitative estimate of drug-likeness (QED) is 0.623. The molecular weight excluding hydrogens is 134 g/mol. The first-order valence-corrected chi connectivity index (χ1v) is 3.64. The molecule has 0 N–H and O–H groups in total. The highest BCUT2D eigenvalue weighted by atomic mass is 32.2. The Morgan fingerprint density at radius 2 is 2.33 bits per heavy atom. The van der Waals surface area contributed by atoms with E-state index in [-0.39, 0.29) is 0 Å². The Balaban J connectivity index is 2.48. The fourth-order valence-electron chi connectivity index (χ4n) is 0.468. The van der Waals surface area contributed by atoms with Gasteiger partial charge in [-0.2, -0.15) is 4.09 Å². The lowest BCUT2D eigenvalue weighted by Crippen LogP contribution is -1.94. The molecule has 0 fully saturated rings. The van der Waals surface area contributed by atoms with Crippen LogP contribution in [0.2, 0.25) is 0 Å². The zero-order valence-corrected chi connectivity index (χ0v) is 6.30. The van der Waals surface area contributed by atoms with Crippen LogP contribution < -0.4 is 0 Å². The van der Waals surface area contributed by atoms with Crippen molar-refractivity contribution in [3.8, 4) is 0 Å². The van der Waals surface area contributed by atoms with E-state index in [0.717, 1.165) is 0 Å². The van der Waals surface area contributed by atoms with Crippen molar-refractivity contribution >= 4 is 11.9 Å². The van der Waals surface area contributed by atoms with Gasteiger partial charge in [0.15, 0.2) is 0 Å². The number of aromatic nitrogens is 3. The molecule has 3 nitrogen and oxygen atoms in total. The molecule has 50 valence electrons. The first-order valence-electron chi connectivity index (χ1n) is 2.81. The Kier molecular flexibility index (Phi) is 2.10. The summed E-state index contributed by atoms with van der Waals surface area (Å²) in [7, 11) is 0. The number of hydrogen-bond donors (Lipinski definition) is 0. The molecule has 0 aliphatic heterocycles. The van der Waals surface area contributed by atoms with Crippen molar-refractivity contribution in [2.24, 2.45) is 0 Å². The number of nitrogens with zero attached hydrogens (tertiary/aromatic N) is 3. The molecule has 1 rings (SSSR count). The van der Waals surface area contributed by atoms with Crippen LogP contribution in [0.25, 0.3) is 0 Å². The van der Waals surface area contributed by atoms with E-state index < -0.39 is 0 Å². The van der Waals surface area contributed by atoms with Gasteiger partial charge in [0, 0.05) is 5.25 Å². The van der Waals surface area contributed by atoms with Gasteiger partial charge >= 0.3 is 0 Å². The molecule has 0 unspecified atom stereocenters. The summed E-state index contributed by atoms with van der Waals surface area (Å²) in [6.07, 6.45) is 3.24. The van der Waals surface area contributed by atoms with Crippen molar-refractivity contribution in [1.29, 1.82) is 0 Å². The molecule has 0 radical (unpaired) electrons. The Bertz CT molecular complexity index is 159. The lowest BCUT2D eigenvalue weighted by Gasteiger charge is -2.00. The average Bonchev–Trinajstić information content (AvgIpc) is 2.15. The highest BCUT2D eigenvalue weighted by Gasteiger charge is 1.94. The van der Waals surface area contributed by atoms with Crippen molar-refractivity contribution in [2.75, 3.05) is 0 Å². The molecule has 0 atom stereocenters. The smallest absolute Gasteiger partial charge is 0.138 e. The van der Waals surface area contributed by atoms with Gasteiger partial charge in [-0.1, -0.05) is 13.8 Å². The minimum Gasteiger partial charge on any atom is -0.222 e. The predicted octanol–water partition coefficient (Wildman–Crippen LogP) is 1.18. The van der Waals surface area contributed by atoms with Crippen LogP contribution in [0.3, 0.4) is 0 Å². The summed E-state index contributed by atoms with van der Waals surface area (Å²) in [5.41, 5.74) is 0. The second-order valence-electron chi connectivity index (χ2n) is 1.95. The van der Waals surface area contributed by atoms with Crippen molar-refractivity contribution < 1.29 is 0 Å². The van der Waals surface area contributed by atoms with E-state index in [9.17, 15) is 0 Å². The summed E-state index contributed by atoms with van der Waals surface area (Å²) < 4.78 is 1.75. The summed E-state index contributed by atoms with van der Waals surface area (Å²) in [4.78, 5) is 3.81. The van der Waals surface area contributed by atoms with Crippen molar-refractivity contribution in [3.63, 3.8) is 0 Å². The molecule has 0 amide bonds. The molecular formula is C5H9N3S. The Morgan fingerprint density at radius 1 is 1.56 bits per heavy atom. The lowest BCUT2D eigenvalue weighted by atomic mass is 10.6. The molecule has 0 aliphatic carbocycles. The summed E-state index contributed by atoms with van der Waals surface area (Å²) in [5, 5.41) is 4.49. The minimum absolute atomic E-state index is 0.562. The predicted molar refractivity (Wildman–Crippen MR) is 38.1 cm³/mol. The van der Waals surface area contributed by atoms with Crippen LogP contribution in [-0.2, 0) is 0 Å². The van der Waals surface area contributed by atoms with E-state index in [2.05, 4.69) is 23.9 Å². The zero-order chi connectivity index (χ0) is 6.69. The van der Waals surface area contributed by atoms with Crippen LogP contribution in [0.1, 0.15) is 13.8 Å². The van der Waals surface area contributed by atoms with Gasteiger partial charge in [0.25, 0.3) is 0 Å². The fourth-order valence-corrected chi connectivity index (χ4v) is 1.11. The summed E-state index contributed by atoms with van der Waals surface area (Å²) in [6.45, 7) is 4.23. The van der Waals surface area contributed by atoms with Gasteiger partial charge in [-0.25, -0.2) is 4.98 Å². The summed E-state index contributed by atoms with van der Waals surface area (Å²) in [6, 6.07) is 0. The third-order valence-electron chi connectivity index (χ3n) is 0.716. The Labute approximate surface area is 58.6 Å². The molecule has 4 heteroatoms. The molecule has 0 spiro atoms. The Morgan fingerprint density at radius 3 is 2.78 bits per heavy atom. The van der Waals surface area contributed by atoms with Crippen LogP contribution >= 0.6 is 11.9 Å². The molecule has 0 bridgehead atoms.